The van der Waals surface area contributed by atoms with Crippen molar-refractivity contribution in [3.63, 3.8) is 0 Å². The number of halogens is 2. The van der Waals surface area contributed by atoms with Crippen LogP contribution >= 0.6 is 0 Å². The van der Waals surface area contributed by atoms with Gasteiger partial charge in [0.05, 0.1) is 13.1 Å². The summed E-state index contributed by atoms with van der Waals surface area (Å²) in [6.45, 7) is 7.11. The zero-order valence-electron chi connectivity index (χ0n) is 9.77. The van der Waals surface area contributed by atoms with E-state index in [9.17, 15) is 8.78 Å². The molecule has 0 rings (SSSR count). The Morgan fingerprint density at radius 1 is 1.21 bits per heavy atom. The summed E-state index contributed by atoms with van der Waals surface area (Å²) in [6.07, 6.45) is 0. The molecule has 0 aliphatic heterocycles. The van der Waals surface area contributed by atoms with E-state index in [0.29, 0.717) is 0 Å². The van der Waals surface area contributed by atoms with Crippen molar-refractivity contribution < 1.29 is 8.78 Å². The average molecular weight is 208 g/mol. The Kier molecular flexibility index (Phi) is 5.52. The monoisotopic (exact) mass is 208 g/mol. The van der Waals surface area contributed by atoms with E-state index in [4.69, 9.17) is 0 Å². The first kappa shape index (κ1) is 13.8. The van der Waals surface area contributed by atoms with E-state index >= 15 is 0 Å². The van der Waals surface area contributed by atoms with Crippen LogP contribution < -0.4 is 5.32 Å². The molecule has 86 valence electrons. The van der Waals surface area contributed by atoms with Gasteiger partial charge in [0, 0.05) is 12.1 Å². The third-order valence-corrected chi connectivity index (χ3v) is 2.13. The van der Waals surface area contributed by atoms with Crippen molar-refractivity contribution in [2.75, 3.05) is 20.1 Å². The topological polar surface area (TPSA) is 15.3 Å². The minimum atomic E-state index is -2.65. The molecular formula is C10H22F2N2. The molecular weight excluding hydrogens is 186 g/mol. The van der Waals surface area contributed by atoms with Gasteiger partial charge in [0.15, 0.2) is 0 Å². The second kappa shape index (κ2) is 5.61. The quantitative estimate of drug-likeness (QED) is 0.718. The molecule has 0 saturated heterocycles. The summed E-state index contributed by atoms with van der Waals surface area (Å²) in [5.74, 6) is -2.65. The summed E-state index contributed by atoms with van der Waals surface area (Å²) in [5.41, 5.74) is 0. The van der Waals surface area contributed by atoms with Crippen LogP contribution in [0.4, 0.5) is 8.78 Å². The standard InChI is InChI=1S/C10H22F2N2/c1-8(2)13-6-10(11,12)7-14(5)9(3)4/h8-9,13H,6-7H2,1-5H3. The van der Waals surface area contributed by atoms with Crippen LogP contribution in [0.2, 0.25) is 0 Å². The highest BCUT2D eigenvalue weighted by atomic mass is 19.3. The smallest absolute Gasteiger partial charge is 0.272 e. The lowest BCUT2D eigenvalue weighted by Crippen LogP contribution is -2.45. The van der Waals surface area contributed by atoms with Crippen molar-refractivity contribution in [1.82, 2.24) is 10.2 Å². The van der Waals surface area contributed by atoms with Gasteiger partial charge in [-0.3, -0.25) is 4.90 Å². The van der Waals surface area contributed by atoms with Gasteiger partial charge >= 0.3 is 0 Å². The second-order valence-corrected chi connectivity index (χ2v) is 4.40. The van der Waals surface area contributed by atoms with Crippen molar-refractivity contribution >= 4 is 0 Å². The van der Waals surface area contributed by atoms with Crippen molar-refractivity contribution in [2.24, 2.45) is 0 Å². The van der Waals surface area contributed by atoms with Crippen molar-refractivity contribution in [1.29, 1.82) is 0 Å². The molecule has 0 aromatic carbocycles. The van der Waals surface area contributed by atoms with Gasteiger partial charge in [0.25, 0.3) is 5.92 Å². The molecule has 14 heavy (non-hydrogen) atoms. The van der Waals surface area contributed by atoms with Gasteiger partial charge in [0.2, 0.25) is 0 Å². The zero-order chi connectivity index (χ0) is 11.4. The van der Waals surface area contributed by atoms with E-state index < -0.39 is 5.92 Å². The van der Waals surface area contributed by atoms with Crippen LogP contribution in [0.15, 0.2) is 0 Å². The first-order valence-electron chi connectivity index (χ1n) is 5.06. The molecule has 4 heteroatoms. The summed E-state index contributed by atoms with van der Waals surface area (Å²) in [7, 11) is 1.72. The first-order chi connectivity index (χ1) is 6.24. The highest BCUT2D eigenvalue weighted by molar-refractivity contribution is 4.75. The van der Waals surface area contributed by atoms with Crippen LogP contribution in [0.1, 0.15) is 27.7 Å². The molecule has 0 atom stereocenters. The second-order valence-electron chi connectivity index (χ2n) is 4.40. The van der Waals surface area contributed by atoms with Gasteiger partial charge in [-0.05, 0) is 20.9 Å². The molecule has 0 aliphatic carbocycles. The van der Waals surface area contributed by atoms with E-state index in [-0.39, 0.29) is 25.2 Å². The minimum Gasteiger partial charge on any atom is -0.309 e. The van der Waals surface area contributed by atoms with Crippen LogP contribution in [-0.4, -0.2) is 43.0 Å². The lowest BCUT2D eigenvalue weighted by Gasteiger charge is -2.27. The van der Waals surface area contributed by atoms with E-state index in [1.54, 1.807) is 11.9 Å². The number of hydrogen-bond acceptors (Lipinski definition) is 2. The normalized spacial score (nSPS) is 13.3. The average Bonchev–Trinajstić information content (AvgIpc) is 2.00. The Morgan fingerprint density at radius 3 is 2.07 bits per heavy atom. The molecule has 0 amide bonds. The van der Waals surface area contributed by atoms with Crippen LogP contribution in [0.25, 0.3) is 0 Å². The molecule has 0 spiro atoms. The molecule has 0 aromatic rings. The van der Waals surface area contributed by atoms with Gasteiger partial charge < -0.3 is 5.32 Å². The molecule has 0 fully saturated rings. The van der Waals surface area contributed by atoms with Crippen LogP contribution in [-0.2, 0) is 0 Å². The highest BCUT2D eigenvalue weighted by Gasteiger charge is 2.30. The van der Waals surface area contributed by atoms with Crippen LogP contribution in [0.5, 0.6) is 0 Å². The number of alkyl halides is 2. The van der Waals surface area contributed by atoms with E-state index in [0.717, 1.165) is 0 Å². The molecule has 0 saturated carbocycles. The third kappa shape index (κ3) is 6.27. The number of nitrogens with one attached hydrogen (secondary N) is 1. The van der Waals surface area contributed by atoms with E-state index in [1.165, 1.54) is 0 Å². The lowest BCUT2D eigenvalue weighted by molar-refractivity contribution is -0.0321. The van der Waals surface area contributed by atoms with Crippen molar-refractivity contribution in [2.45, 2.75) is 45.7 Å². The predicted octanol–water partition coefficient (Wildman–Crippen LogP) is 1.96. The maximum absolute atomic E-state index is 13.3. The fourth-order valence-corrected chi connectivity index (χ4v) is 0.957. The Hall–Kier alpha value is -0.220. The molecule has 1 N–H and O–H groups in total. The van der Waals surface area contributed by atoms with Crippen molar-refractivity contribution in [3.05, 3.63) is 0 Å². The molecule has 0 unspecified atom stereocenters. The lowest BCUT2D eigenvalue weighted by atomic mass is 10.2. The first-order valence-corrected chi connectivity index (χ1v) is 5.06. The van der Waals surface area contributed by atoms with Crippen LogP contribution in [0, 0.1) is 0 Å². The number of rotatable bonds is 6. The largest absolute Gasteiger partial charge is 0.309 e. The van der Waals surface area contributed by atoms with Gasteiger partial charge in [-0.1, -0.05) is 13.8 Å². The molecule has 0 aromatic heterocycles. The Labute approximate surface area is 85.7 Å². The summed E-state index contributed by atoms with van der Waals surface area (Å²) in [4.78, 5) is 1.65. The maximum Gasteiger partial charge on any atom is 0.272 e. The summed E-state index contributed by atoms with van der Waals surface area (Å²) < 4.78 is 26.6. The third-order valence-electron chi connectivity index (χ3n) is 2.13. The molecule has 2 nitrogen and oxygen atoms in total. The fraction of sp³-hybridized carbons (Fsp3) is 1.00. The van der Waals surface area contributed by atoms with Gasteiger partial charge in [-0.2, -0.15) is 0 Å². The molecule has 0 radical (unpaired) electrons. The minimum absolute atomic E-state index is 0.102. The van der Waals surface area contributed by atoms with Crippen LogP contribution in [0.3, 0.4) is 0 Å². The summed E-state index contributed by atoms with van der Waals surface area (Å²) >= 11 is 0. The Balaban J connectivity index is 3.93. The van der Waals surface area contributed by atoms with Gasteiger partial charge in [-0.15, -0.1) is 0 Å². The highest BCUT2D eigenvalue weighted by Crippen LogP contribution is 2.14. The number of hydrogen-bond donors (Lipinski definition) is 1. The summed E-state index contributed by atoms with van der Waals surface area (Å²) in [5, 5.41) is 2.75. The molecule has 0 bridgehead atoms. The molecule has 0 heterocycles. The van der Waals surface area contributed by atoms with Gasteiger partial charge in [-0.25, -0.2) is 8.78 Å². The zero-order valence-corrected chi connectivity index (χ0v) is 9.77. The molecule has 0 aliphatic rings. The fourth-order valence-electron chi connectivity index (χ4n) is 0.957. The van der Waals surface area contributed by atoms with E-state index in [1.807, 2.05) is 27.7 Å². The van der Waals surface area contributed by atoms with Gasteiger partial charge in [0.1, 0.15) is 0 Å². The maximum atomic E-state index is 13.3. The Bertz CT molecular complexity index is 158. The number of nitrogens with zero attached hydrogens (tertiary/aromatic N) is 1. The summed E-state index contributed by atoms with van der Waals surface area (Å²) in [6, 6.07) is 0.255. The Morgan fingerprint density at radius 2 is 1.71 bits per heavy atom. The van der Waals surface area contributed by atoms with E-state index in [2.05, 4.69) is 5.32 Å². The van der Waals surface area contributed by atoms with Crippen molar-refractivity contribution in [3.8, 4) is 0 Å². The predicted molar refractivity (Wildman–Crippen MR) is 55.9 cm³/mol. The SMILES string of the molecule is CC(C)NCC(F)(F)CN(C)C(C)C.